The Morgan fingerprint density at radius 2 is 2.15 bits per heavy atom. The predicted molar refractivity (Wildman–Crippen MR) is 90.4 cm³/mol. The molecule has 2 rings (SSSR count). The van der Waals surface area contributed by atoms with Crippen LogP contribution in [0.25, 0.3) is 0 Å². The molecule has 1 aromatic rings. The Hall–Kier alpha value is 0.1000. The van der Waals surface area contributed by atoms with Crippen LogP contribution in [0.4, 0.5) is 0 Å². The van der Waals surface area contributed by atoms with Crippen molar-refractivity contribution in [1.82, 2.24) is 5.32 Å². The van der Waals surface area contributed by atoms with Crippen molar-refractivity contribution in [2.75, 3.05) is 13.2 Å². The highest BCUT2D eigenvalue weighted by molar-refractivity contribution is 9.10. The number of ether oxygens (including phenoxy) is 1. The molecule has 1 aromatic heterocycles. The minimum absolute atomic E-state index is 0.0371. The average Bonchev–Trinajstić information content (AvgIpc) is 2.85. The molecule has 1 aliphatic rings. The predicted octanol–water partition coefficient (Wildman–Crippen LogP) is 5.15. The summed E-state index contributed by atoms with van der Waals surface area (Å²) in [6.07, 6.45) is 4.85. The van der Waals surface area contributed by atoms with E-state index >= 15 is 0 Å². The summed E-state index contributed by atoms with van der Waals surface area (Å²) >= 11 is 5.53. The van der Waals surface area contributed by atoms with E-state index in [0.717, 1.165) is 31.9 Å². The van der Waals surface area contributed by atoms with Crippen LogP contribution in [0.1, 0.15) is 57.4 Å². The molecule has 0 aromatic carbocycles. The summed E-state index contributed by atoms with van der Waals surface area (Å²) in [5.41, 5.74) is -0.0371. The van der Waals surface area contributed by atoms with Gasteiger partial charge in [-0.05, 0) is 72.4 Å². The molecule has 1 fully saturated rings. The Morgan fingerprint density at radius 3 is 2.65 bits per heavy atom. The van der Waals surface area contributed by atoms with Crippen LogP contribution in [0.15, 0.2) is 15.9 Å². The summed E-state index contributed by atoms with van der Waals surface area (Å²) in [6.45, 7) is 8.42. The number of rotatable bonds is 6. The van der Waals surface area contributed by atoms with E-state index in [-0.39, 0.29) is 5.60 Å². The second-order valence-corrected chi connectivity index (χ2v) is 7.61. The summed E-state index contributed by atoms with van der Waals surface area (Å²) in [5.74, 6) is 0.831. The van der Waals surface area contributed by atoms with E-state index in [1.807, 2.05) is 11.3 Å². The molecule has 1 N–H and O–H groups in total. The van der Waals surface area contributed by atoms with E-state index in [2.05, 4.69) is 53.5 Å². The molecule has 0 spiro atoms. The first-order chi connectivity index (χ1) is 9.63. The third-order valence-electron chi connectivity index (χ3n) is 4.39. The topological polar surface area (TPSA) is 21.3 Å². The molecule has 1 saturated carbocycles. The van der Waals surface area contributed by atoms with Crippen LogP contribution in [0.2, 0.25) is 0 Å². The molecule has 0 amide bonds. The highest BCUT2D eigenvalue weighted by Crippen LogP contribution is 2.46. The van der Waals surface area contributed by atoms with E-state index in [1.54, 1.807) is 0 Å². The van der Waals surface area contributed by atoms with Gasteiger partial charge in [0.15, 0.2) is 0 Å². The zero-order chi connectivity index (χ0) is 14.6. The smallest absolute Gasteiger partial charge is 0.0884 e. The van der Waals surface area contributed by atoms with Crippen molar-refractivity contribution >= 4 is 27.3 Å². The van der Waals surface area contributed by atoms with Gasteiger partial charge in [-0.1, -0.05) is 13.8 Å². The largest absolute Gasteiger partial charge is 0.373 e. The molecule has 0 radical (unpaired) electrons. The highest BCUT2D eigenvalue weighted by atomic mass is 79.9. The van der Waals surface area contributed by atoms with Gasteiger partial charge < -0.3 is 10.1 Å². The molecule has 1 unspecified atom stereocenters. The number of nitrogens with one attached hydrogen (secondary N) is 1. The normalized spacial score (nSPS) is 28.5. The Bertz CT molecular complexity index is 412. The van der Waals surface area contributed by atoms with E-state index in [1.165, 1.54) is 22.2 Å². The summed E-state index contributed by atoms with van der Waals surface area (Å²) < 4.78 is 7.55. The lowest BCUT2D eigenvalue weighted by atomic mass is 9.74. The molecular weight excluding hydrogens is 334 g/mol. The Labute approximate surface area is 135 Å². The third-order valence-corrected chi connectivity index (χ3v) is 6.33. The van der Waals surface area contributed by atoms with Crippen molar-refractivity contribution in [3.05, 3.63) is 20.8 Å². The molecule has 2 nitrogen and oxygen atoms in total. The van der Waals surface area contributed by atoms with Crippen molar-refractivity contribution in [2.45, 2.75) is 58.1 Å². The summed E-state index contributed by atoms with van der Waals surface area (Å²) in [7, 11) is 0. The van der Waals surface area contributed by atoms with Crippen LogP contribution in [-0.2, 0) is 4.74 Å². The molecule has 0 aliphatic heterocycles. The molecule has 0 saturated heterocycles. The number of likely N-dealkylation sites (N-methyl/N-ethyl adjacent to an activating group) is 1. The maximum absolute atomic E-state index is 6.34. The minimum atomic E-state index is -0.0371. The maximum atomic E-state index is 6.34. The summed E-state index contributed by atoms with van der Waals surface area (Å²) in [6, 6.07) is 2.45. The zero-order valence-corrected chi connectivity index (χ0v) is 15.1. The first-order valence-corrected chi connectivity index (χ1v) is 9.40. The van der Waals surface area contributed by atoms with Crippen molar-refractivity contribution < 1.29 is 4.74 Å². The zero-order valence-electron chi connectivity index (χ0n) is 12.7. The van der Waals surface area contributed by atoms with Gasteiger partial charge in [-0.3, -0.25) is 0 Å². The fraction of sp³-hybridized carbons (Fsp3) is 0.750. The van der Waals surface area contributed by atoms with Crippen molar-refractivity contribution in [2.24, 2.45) is 5.92 Å². The lowest BCUT2D eigenvalue weighted by Crippen LogP contribution is -2.48. The number of hydrogen-bond acceptors (Lipinski definition) is 3. The second kappa shape index (κ2) is 7.39. The van der Waals surface area contributed by atoms with Gasteiger partial charge in [0.25, 0.3) is 0 Å². The van der Waals surface area contributed by atoms with Crippen molar-refractivity contribution in [3.63, 3.8) is 0 Å². The quantitative estimate of drug-likeness (QED) is 0.758. The van der Waals surface area contributed by atoms with E-state index in [4.69, 9.17) is 4.74 Å². The van der Waals surface area contributed by atoms with Gasteiger partial charge in [0.2, 0.25) is 0 Å². The van der Waals surface area contributed by atoms with Gasteiger partial charge in [0.1, 0.15) is 0 Å². The fourth-order valence-corrected chi connectivity index (χ4v) is 5.07. The lowest BCUT2D eigenvalue weighted by molar-refractivity contribution is -0.0967. The van der Waals surface area contributed by atoms with Crippen molar-refractivity contribution in [3.8, 4) is 0 Å². The molecule has 114 valence electrons. The number of thiophene rings is 1. The van der Waals surface area contributed by atoms with Crippen LogP contribution in [0, 0.1) is 5.92 Å². The number of hydrogen-bond donors (Lipinski definition) is 1. The van der Waals surface area contributed by atoms with Gasteiger partial charge in [-0.25, -0.2) is 0 Å². The maximum Gasteiger partial charge on any atom is 0.0884 e. The second-order valence-electron chi connectivity index (χ2n) is 5.80. The van der Waals surface area contributed by atoms with E-state index in [9.17, 15) is 0 Å². The van der Waals surface area contributed by atoms with Crippen LogP contribution in [0.5, 0.6) is 0 Å². The van der Waals surface area contributed by atoms with Gasteiger partial charge >= 0.3 is 0 Å². The summed E-state index contributed by atoms with van der Waals surface area (Å²) in [4.78, 5) is 1.38. The highest BCUT2D eigenvalue weighted by Gasteiger charge is 2.43. The Balaban J connectivity index is 2.30. The molecule has 0 bridgehead atoms. The molecule has 20 heavy (non-hydrogen) atoms. The van der Waals surface area contributed by atoms with Crippen LogP contribution in [0.3, 0.4) is 0 Å². The SMILES string of the molecule is CCNC(c1sccc1Br)C1(OCC)CCC(C)CC1. The van der Waals surface area contributed by atoms with Crippen LogP contribution >= 0.6 is 27.3 Å². The monoisotopic (exact) mass is 359 g/mol. The van der Waals surface area contributed by atoms with E-state index < -0.39 is 0 Å². The fourth-order valence-electron chi connectivity index (χ4n) is 3.29. The Kier molecular flexibility index (Phi) is 6.09. The molecule has 1 heterocycles. The van der Waals surface area contributed by atoms with Crippen LogP contribution < -0.4 is 5.32 Å². The van der Waals surface area contributed by atoms with E-state index in [0.29, 0.717) is 6.04 Å². The molecule has 1 aliphatic carbocycles. The van der Waals surface area contributed by atoms with Crippen LogP contribution in [-0.4, -0.2) is 18.8 Å². The molecular formula is C16H26BrNOS. The van der Waals surface area contributed by atoms with Crippen molar-refractivity contribution in [1.29, 1.82) is 0 Å². The van der Waals surface area contributed by atoms with Gasteiger partial charge in [-0.2, -0.15) is 0 Å². The Morgan fingerprint density at radius 1 is 1.45 bits per heavy atom. The standard InChI is InChI=1S/C16H26BrNOS/c1-4-18-15(14-13(17)8-11-20-14)16(19-5-2)9-6-12(3)7-10-16/h8,11-12,15,18H,4-7,9-10H2,1-3H3. The lowest BCUT2D eigenvalue weighted by Gasteiger charge is -2.45. The minimum Gasteiger partial charge on any atom is -0.373 e. The molecule has 1 atom stereocenters. The van der Waals surface area contributed by atoms with Gasteiger partial charge in [0, 0.05) is 16.0 Å². The average molecular weight is 360 g/mol. The first-order valence-electron chi connectivity index (χ1n) is 7.73. The summed E-state index contributed by atoms with van der Waals surface area (Å²) in [5, 5.41) is 5.85. The number of halogens is 1. The van der Waals surface area contributed by atoms with Gasteiger partial charge in [-0.15, -0.1) is 11.3 Å². The van der Waals surface area contributed by atoms with Gasteiger partial charge in [0.05, 0.1) is 11.6 Å². The third kappa shape index (κ3) is 3.46. The molecule has 4 heteroatoms. The first kappa shape index (κ1) is 16.5.